The van der Waals surface area contributed by atoms with E-state index in [0.29, 0.717) is 32.7 Å². The van der Waals surface area contributed by atoms with Gasteiger partial charge in [-0.05, 0) is 78.4 Å². The van der Waals surface area contributed by atoms with E-state index < -0.39 is 28.1 Å². The fraction of sp³-hybridized carbons (Fsp3) is 0.600. The number of carbonyl (C=O) groups excluding carboxylic acids is 4. The van der Waals surface area contributed by atoms with E-state index in [1.807, 2.05) is 114 Å². The quantitative estimate of drug-likeness (QED) is 0.265. The highest BCUT2D eigenvalue weighted by molar-refractivity contribution is 5.92. The molecule has 0 unspecified atom stereocenters. The van der Waals surface area contributed by atoms with Gasteiger partial charge in [0.25, 0.3) is 0 Å². The summed E-state index contributed by atoms with van der Waals surface area (Å²) in [7, 11) is 0. The molecule has 0 spiro atoms. The first kappa shape index (κ1) is 38.3. The van der Waals surface area contributed by atoms with E-state index in [9.17, 15) is 19.2 Å². The van der Waals surface area contributed by atoms with Crippen LogP contribution >= 0.6 is 0 Å². The summed E-state index contributed by atoms with van der Waals surface area (Å²) < 4.78 is 28.0. The number of likely N-dealkylation sites (tertiary alicyclic amines) is 2. The molecular formula is C40H54N2O9. The molecule has 4 saturated heterocycles. The van der Waals surface area contributed by atoms with Crippen molar-refractivity contribution in [3.05, 3.63) is 71.8 Å². The van der Waals surface area contributed by atoms with Gasteiger partial charge in [0, 0.05) is 32.8 Å². The van der Waals surface area contributed by atoms with Gasteiger partial charge in [0.1, 0.15) is 28.6 Å². The molecule has 0 saturated carbocycles. The van der Waals surface area contributed by atoms with Gasteiger partial charge in [0.05, 0.1) is 25.2 Å². The molecule has 0 N–H and O–H groups in total. The minimum absolute atomic E-state index is 0.0329. The topological polar surface area (TPSA) is 121 Å². The summed E-state index contributed by atoms with van der Waals surface area (Å²) in [5, 5.41) is 0. The van der Waals surface area contributed by atoms with Gasteiger partial charge in [-0.25, -0.2) is 4.79 Å². The average Bonchev–Trinajstić information content (AvgIpc) is 3.64. The van der Waals surface area contributed by atoms with E-state index in [1.54, 1.807) is 4.90 Å². The number of carbonyl (C=O) groups is 4. The minimum atomic E-state index is -0.897. The normalized spacial score (nSPS) is 26.6. The lowest BCUT2D eigenvalue weighted by Gasteiger charge is -2.37. The zero-order valence-corrected chi connectivity index (χ0v) is 31.1. The van der Waals surface area contributed by atoms with Gasteiger partial charge in [-0.2, -0.15) is 0 Å². The fourth-order valence-corrected chi connectivity index (χ4v) is 7.42. The van der Waals surface area contributed by atoms with Gasteiger partial charge >= 0.3 is 18.0 Å². The third-order valence-corrected chi connectivity index (χ3v) is 10.1. The predicted octanol–water partition coefficient (Wildman–Crippen LogP) is 5.96. The Labute approximate surface area is 301 Å². The molecule has 278 valence electrons. The summed E-state index contributed by atoms with van der Waals surface area (Å²) in [6.45, 7) is 16.1. The minimum Gasteiger partial charge on any atom is -0.459 e. The maximum absolute atomic E-state index is 13.1. The van der Waals surface area contributed by atoms with Crippen LogP contribution in [0.5, 0.6) is 0 Å². The van der Waals surface area contributed by atoms with Crippen LogP contribution < -0.4 is 0 Å². The van der Waals surface area contributed by atoms with Gasteiger partial charge in [-0.3, -0.25) is 14.4 Å². The lowest BCUT2D eigenvalue weighted by Crippen LogP contribution is -2.49. The third-order valence-electron chi connectivity index (χ3n) is 10.1. The lowest BCUT2D eigenvalue weighted by atomic mass is 9.75. The van der Waals surface area contributed by atoms with E-state index in [1.165, 1.54) is 0 Å². The Morgan fingerprint density at radius 3 is 1.96 bits per heavy atom. The van der Waals surface area contributed by atoms with E-state index in [2.05, 4.69) is 0 Å². The van der Waals surface area contributed by atoms with Crippen molar-refractivity contribution in [3.8, 4) is 0 Å². The summed E-state index contributed by atoms with van der Waals surface area (Å²) in [4.78, 5) is 54.9. The Morgan fingerprint density at radius 1 is 0.804 bits per heavy atom. The summed E-state index contributed by atoms with van der Waals surface area (Å²) in [6.07, 6.45) is 0.906. The van der Waals surface area contributed by atoms with E-state index in [0.717, 1.165) is 17.5 Å². The molecule has 0 bridgehead atoms. The van der Waals surface area contributed by atoms with Crippen molar-refractivity contribution in [3.63, 3.8) is 0 Å². The maximum atomic E-state index is 13.1. The molecule has 0 aliphatic carbocycles. The van der Waals surface area contributed by atoms with Crippen molar-refractivity contribution >= 4 is 23.9 Å². The van der Waals surface area contributed by atoms with Crippen molar-refractivity contribution in [1.29, 1.82) is 0 Å². The van der Waals surface area contributed by atoms with Crippen LogP contribution in [-0.4, -0.2) is 91.0 Å². The first-order valence-electron chi connectivity index (χ1n) is 18.0. The van der Waals surface area contributed by atoms with Gasteiger partial charge in [0.15, 0.2) is 0 Å². The molecule has 11 nitrogen and oxygen atoms in total. The molecule has 4 aliphatic rings. The Hall–Kier alpha value is -3.96. The van der Waals surface area contributed by atoms with Crippen LogP contribution in [0.1, 0.15) is 78.5 Å². The summed E-state index contributed by atoms with van der Waals surface area (Å²) in [5.74, 6) is -0.892. The molecule has 4 fully saturated rings. The molecule has 5 atom stereocenters. The number of hydrogen-bond donors (Lipinski definition) is 0. The Morgan fingerprint density at radius 2 is 1.35 bits per heavy atom. The molecule has 0 aromatic heterocycles. The van der Waals surface area contributed by atoms with Crippen LogP contribution in [0.25, 0.3) is 0 Å². The van der Waals surface area contributed by atoms with Crippen molar-refractivity contribution < 1.29 is 42.9 Å². The third kappa shape index (κ3) is 8.75. The zero-order chi connectivity index (χ0) is 37.0. The molecule has 0 radical (unpaired) electrons. The average molecular weight is 707 g/mol. The van der Waals surface area contributed by atoms with Gasteiger partial charge in [0.2, 0.25) is 5.91 Å². The second-order valence-electron chi connectivity index (χ2n) is 16.2. The van der Waals surface area contributed by atoms with Gasteiger partial charge < -0.3 is 33.5 Å². The standard InChI is InChI=1S/C20H27NO5.C20H27NO4/c1-19(2,3)26-17(22)20-13-21(11-16(20)9-10-24-14-20)18(23)25-12-15-7-5-4-6-8-15;1-14(15-8-6-5-7-9-15)21-12-20(18(23)25-19(2,3)4)13-24-11-10-16(20)17(21)22/h4-8,16H,9-14H2,1-3H3;5-9,14,16H,10-13H2,1-4H3/t16-,20+;14-,16-,20+/m11/s1. The summed E-state index contributed by atoms with van der Waals surface area (Å²) >= 11 is 0. The summed E-state index contributed by atoms with van der Waals surface area (Å²) in [6, 6.07) is 19.4. The number of rotatable bonds is 6. The monoisotopic (exact) mass is 706 g/mol. The van der Waals surface area contributed by atoms with Crippen LogP contribution in [0.3, 0.4) is 0 Å². The first-order valence-corrected chi connectivity index (χ1v) is 18.0. The van der Waals surface area contributed by atoms with Crippen molar-refractivity contribution in [2.24, 2.45) is 22.7 Å². The number of hydrogen-bond acceptors (Lipinski definition) is 9. The van der Waals surface area contributed by atoms with Crippen LogP contribution in [0.15, 0.2) is 60.7 Å². The molecule has 6 rings (SSSR count). The second-order valence-corrected chi connectivity index (χ2v) is 16.2. The Kier molecular flexibility index (Phi) is 11.5. The molecule has 2 aromatic rings. The molecule has 2 aromatic carbocycles. The van der Waals surface area contributed by atoms with Gasteiger partial charge in [-0.15, -0.1) is 0 Å². The number of esters is 2. The number of ether oxygens (including phenoxy) is 5. The molecule has 4 aliphatic heterocycles. The first-order chi connectivity index (χ1) is 24.0. The Bertz CT molecular complexity index is 1540. The van der Waals surface area contributed by atoms with Crippen LogP contribution in [0.4, 0.5) is 4.79 Å². The van der Waals surface area contributed by atoms with E-state index in [-0.39, 0.29) is 62.1 Å². The number of fused-ring (bicyclic) bond motifs is 2. The molecule has 11 heteroatoms. The molecule has 2 amide bonds. The van der Waals surface area contributed by atoms with Crippen LogP contribution in [0.2, 0.25) is 0 Å². The smallest absolute Gasteiger partial charge is 0.410 e. The molecule has 51 heavy (non-hydrogen) atoms. The van der Waals surface area contributed by atoms with Crippen LogP contribution in [-0.2, 0) is 44.7 Å². The highest BCUT2D eigenvalue weighted by Crippen LogP contribution is 2.47. The summed E-state index contributed by atoms with van der Waals surface area (Å²) in [5.41, 5.74) is -0.856. The van der Waals surface area contributed by atoms with E-state index in [4.69, 9.17) is 23.7 Å². The number of benzene rings is 2. The number of amides is 2. The van der Waals surface area contributed by atoms with Crippen LogP contribution in [0, 0.1) is 22.7 Å². The maximum Gasteiger partial charge on any atom is 0.410 e. The highest BCUT2D eigenvalue weighted by atomic mass is 16.6. The SMILES string of the molecule is CC(C)(C)OC(=O)[C@@]12COCC[C@@H]1CN(C(=O)OCc1ccccc1)C2.C[C@H](c1ccccc1)N1C[C@]2(C(=O)OC(C)(C)C)COCC[C@@H]2C1=O. The zero-order valence-electron chi connectivity index (χ0n) is 31.1. The highest BCUT2D eigenvalue weighted by Gasteiger charge is 2.61. The second kappa shape index (κ2) is 15.3. The molecular weight excluding hydrogens is 652 g/mol. The molecule has 4 heterocycles. The fourth-order valence-electron chi connectivity index (χ4n) is 7.42. The Balaban J connectivity index is 0.000000198. The number of nitrogens with zero attached hydrogens (tertiary/aromatic N) is 2. The predicted molar refractivity (Wildman–Crippen MR) is 189 cm³/mol. The van der Waals surface area contributed by atoms with Crippen molar-refractivity contribution in [2.45, 2.75) is 85.2 Å². The van der Waals surface area contributed by atoms with E-state index >= 15 is 0 Å². The van der Waals surface area contributed by atoms with Crippen molar-refractivity contribution in [1.82, 2.24) is 9.80 Å². The van der Waals surface area contributed by atoms with Gasteiger partial charge in [-0.1, -0.05) is 60.7 Å². The largest absolute Gasteiger partial charge is 0.459 e. The van der Waals surface area contributed by atoms with Crippen molar-refractivity contribution in [2.75, 3.05) is 46.1 Å². The lowest BCUT2D eigenvalue weighted by molar-refractivity contribution is -0.179.